The molecule has 1 atom stereocenters. The van der Waals surface area contributed by atoms with Crippen molar-refractivity contribution in [1.29, 1.82) is 0 Å². The Hall–Kier alpha value is -2.04. The lowest BCUT2D eigenvalue weighted by Crippen LogP contribution is -2.44. The molecule has 1 fully saturated rings. The van der Waals surface area contributed by atoms with Crippen LogP contribution in [0.25, 0.3) is 0 Å². The molecular weight excluding hydrogens is 290 g/mol. The van der Waals surface area contributed by atoms with Gasteiger partial charge in [0.05, 0.1) is 0 Å². The monoisotopic (exact) mass is 317 g/mol. The largest absolute Gasteiger partial charge is 0.374 e. The summed E-state index contributed by atoms with van der Waals surface area (Å²) in [5, 5.41) is 8.89. The lowest BCUT2D eigenvalue weighted by Gasteiger charge is -2.28. The third-order valence-electron chi connectivity index (χ3n) is 4.49. The van der Waals surface area contributed by atoms with Crippen molar-refractivity contribution >= 4 is 17.5 Å². The highest BCUT2D eigenvalue weighted by Gasteiger charge is 2.22. The maximum atomic E-state index is 12.3. The minimum atomic E-state index is -0.339. The fraction of sp³-hybridized carbons (Fsp3) is 0.556. The number of hydrogen-bond donors (Lipinski definition) is 3. The van der Waals surface area contributed by atoms with Gasteiger partial charge in [-0.1, -0.05) is 13.0 Å². The number of anilines is 1. The van der Waals surface area contributed by atoms with Crippen molar-refractivity contribution in [2.45, 2.75) is 51.6 Å². The molecule has 1 unspecified atom stereocenters. The number of amides is 2. The van der Waals surface area contributed by atoms with Crippen LogP contribution in [0.15, 0.2) is 24.3 Å². The fourth-order valence-electron chi connectivity index (χ4n) is 2.94. The minimum Gasteiger partial charge on any atom is -0.374 e. The van der Waals surface area contributed by atoms with E-state index in [9.17, 15) is 9.59 Å². The van der Waals surface area contributed by atoms with Crippen molar-refractivity contribution in [2.75, 3.05) is 12.4 Å². The van der Waals surface area contributed by atoms with Gasteiger partial charge in [0.1, 0.15) is 6.04 Å². The van der Waals surface area contributed by atoms with Crippen molar-refractivity contribution in [2.24, 2.45) is 5.92 Å². The second-order valence-electron chi connectivity index (χ2n) is 6.49. The van der Waals surface area contributed by atoms with Crippen LogP contribution in [0, 0.1) is 5.92 Å². The molecule has 2 rings (SSSR count). The quantitative estimate of drug-likeness (QED) is 0.781. The molecule has 2 amide bonds. The average Bonchev–Trinajstić information content (AvgIpc) is 2.56. The minimum absolute atomic E-state index is 0.00917. The first kappa shape index (κ1) is 17.3. The Kier molecular flexibility index (Phi) is 6.02. The highest BCUT2D eigenvalue weighted by molar-refractivity contribution is 5.95. The maximum absolute atomic E-state index is 12.3. The Bertz CT molecular complexity index is 551. The fourth-order valence-corrected chi connectivity index (χ4v) is 2.94. The van der Waals surface area contributed by atoms with E-state index in [1.165, 1.54) is 12.8 Å². The SMILES string of the molecule is CNC(=O)c1cccc(NC(C)C(=O)NC2CCC(C)CC2)c1. The highest BCUT2D eigenvalue weighted by atomic mass is 16.2. The first-order valence-corrected chi connectivity index (χ1v) is 8.38. The molecular formula is C18H27N3O2. The highest BCUT2D eigenvalue weighted by Crippen LogP contribution is 2.23. The Labute approximate surface area is 138 Å². The second kappa shape index (κ2) is 7.99. The molecule has 126 valence electrons. The van der Waals surface area contributed by atoms with Gasteiger partial charge in [0.2, 0.25) is 5.91 Å². The van der Waals surface area contributed by atoms with E-state index in [2.05, 4.69) is 22.9 Å². The van der Waals surface area contributed by atoms with E-state index < -0.39 is 0 Å². The lowest BCUT2D eigenvalue weighted by atomic mass is 9.87. The topological polar surface area (TPSA) is 70.2 Å². The molecule has 0 aromatic heterocycles. The Balaban J connectivity index is 1.89. The molecule has 23 heavy (non-hydrogen) atoms. The molecule has 0 radical (unpaired) electrons. The summed E-state index contributed by atoms with van der Waals surface area (Å²) >= 11 is 0. The summed E-state index contributed by atoms with van der Waals surface area (Å²) in [6, 6.07) is 7.12. The van der Waals surface area contributed by atoms with Crippen LogP contribution < -0.4 is 16.0 Å². The molecule has 1 aliphatic rings. The van der Waals surface area contributed by atoms with Crippen molar-refractivity contribution < 1.29 is 9.59 Å². The standard InChI is InChI=1S/C18H27N3O2/c1-12-7-9-15(10-8-12)21-17(22)13(2)20-16-6-4-5-14(11-16)18(23)19-3/h4-6,11-13,15,20H,7-10H2,1-3H3,(H,19,23)(H,21,22). The van der Waals surface area contributed by atoms with Crippen molar-refractivity contribution in [3.05, 3.63) is 29.8 Å². The summed E-state index contributed by atoms with van der Waals surface area (Å²) in [6.07, 6.45) is 4.49. The molecule has 0 saturated heterocycles. The molecule has 0 heterocycles. The van der Waals surface area contributed by atoms with Crippen LogP contribution >= 0.6 is 0 Å². The van der Waals surface area contributed by atoms with Crippen LogP contribution in [-0.4, -0.2) is 30.9 Å². The predicted octanol–water partition coefficient (Wildman–Crippen LogP) is 2.54. The predicted molar refractivity (Wildman–Crippen MR) is 92.5 cm³/mol. The van der Waals surface area contributed by atoms with E-state index in [0.717, 1.165) is 24.4 Å². The van der Waals surface area contributed by atoms with Gasteiger partial charge in [-0.3, -0.25) is 9.59 Å². The zero-order valence-corrected chi connectivity index (χ0v) is 14.2. The summed E-state index contributed by atoms with van der Waals surface area (Å²) in [5.74, 6) is 0.642. The molecule has 5 heteroatoms. The molecule has 0 bridgehead atoms. The van der Waals surface area contributed by atoms with Crippen LogP contribution in [0.3, 0.4) is 0 Å². The molecule has 1 saturated carbocycles. The van der Waals surface area contributed by atoms with Gasteiger partial charge in [-0.15, -0.1) is 0 Å². The van der Waals surface area contributed by atoms with E-state index in [-0.39, 0.29) is 17.9 Å². The summed E-state index contributed by atoms with van der Waals surface area (Å²) in [7, 11) is 1.60. The molecule has 3 N–H and O–H groups in total. The molecule has 0 spiro atoms. The summed E-state index contributed by atoms with van der Waals surface area (Å²) in [6.45, 7) is 4.11. The summed E-state index contributed by atoms with van der Waals surface area (Å²) in [4.78, 5) is 24.0. The van der Waals surface area contributed by atoms with Gasteiger partial charge in [-0.2, -0.15) is 0 Å². The molecule has 1 aliphatic carbocycles. The van der Waals surface area contributed by atoms with Crippen molar-refractivity contribution in [1.82, 2.24) is 10.6 Å². The van der Waals surface area contributed by atoms with E-state index >= 15 is 0 Å². The zero-order valence-electron chi connectivity index (χ0n) is 14.2. The molecule has 1 aromatic carbocycles. The van der Waals surface area contributed by atoms with Gasteiger partial charge in [0.15, 0.2) is 0 Å². The normalized spacial score (nSPS) is 22.0. The third-order valence-corrected chi connectivity index (χ3v) is 4.49. The van der Waals surface area contributed by atoms with Gasteiger partial charge in [-0.05, 0) is 56.7 Å². The van der Waals surface area contributed by atoms with Gasteiger partial charge in [0, 0.05) is 24.3 Å². The number of carbonyl (C=O) groups is 2. The van der Waals surface area contributed by atoms with Gasteiger partial charge in [0.25, 0.3) is 5.91 Å². The maximum Gasteiger partial charge on any atom is 0.251 e. The second-order valence-corrected chi connectivity index (χ2v) is 6.49. The Morgan fingerprint density at radius 3 is 2.52 bits per heavy atom. The van der Waals surface area contributed by atoms with Crippen LogP contribution in [0.2, 0.25) is 0 Å². The van der Waals surface area contributed by atoms with Gasteiger partial charge < -0.3 is 16.0 Å². The van der Waals surface area contributed by atoms with Crippen molar-refractivity contribution in [3.8, 4) is 0 Å². The Morgan fingerprint density at radius 1 is 1.17 bits per heavy atom. The number of benzene rings is 1. The van der Waals surface area contributed by atoms with Crippen LogP contribution in [0.5, 0.6) is 0 Å². The van der Waals surface area contributed by atoms with Crippen LogP contribution in [-0.2, 0) is 4.79 Å². The molecule has 1 aromatic rings. The summed E-state index contributed by atoms with van der Waals surface area (Å²) in [5.41, 5.74) is 1.34. The molecule has 5 nitrogen and oxygen atoms in total. The first-order chi connectivity index (χ1) is 11.0. The number of nitrogens with one attached hydrogen (secondary N) is 3. The van der Waals surface area contributed by atoms with Crippen LogP contribution in [0.1, 0.15) is 49.9 Å². The number of hydrogen-bond acceptors (Lipinski definition) is 3. The number of rotatable bonds is 5. The lowest BCUT2D eigenvalue weighted by molar-refractivity contribution is -0.122. The van der Waals surface area contributed by atoms with E-state index in [1.54, 1.807) is 25.2 Å². The van der Waals surface area contributed by atoms with E-state index in [4.69, 9.17) is 0 Å². The number of carbonyl (C=O) groups excluding carboxylic acids is 2. The van der Waals surface area contributed by atoms with Crippen molar-refractivity contribution in [3.63, 3.8) is 0 Å². The zero-order chi connectivity index (χ0) is 16.8. The van der Waals surface area contributed by atoms with E-state index in [0.29, 0.717) is 11.6 Å². The van der Waals surface area contributed by atoms with Gasteiger partial charge in [-0.25, -0.2) is 0 Å². The first-order valence-electron chi connectivity index (χ1n) is 8.38. The third kappa shape index (κ3) is 4.98. The van der Waals surface area contributed by atoms with Gasteiger partial charge >= 0.3 is 0 Å². The Morgan fingerprint density at radius 2 is 1.87 bits per heavy atom. The average molecular weight is 317 g/mol. The molecule has 0 aliphatic heterocycles. The summed E-state index contributed by atoms with van der Waals surface area (Å²) < 4.78 is 0. The van der Waals surface area contributed by atoms with Crippen LogP contribution in [0.4, 0.5) is 5.69 Å². The van der Waals surface area contributed by atoms with E-state index in [1.807, 2.05) is 13.0 Å². The smallest absolute Gasteiger partial charge is 0.251 e.